The first-order valence-electron chi connectivity index (χ1n) is 5.69. The highest BCUT2D eigenvalue weighted by Crippen LogP contribution is 1.89. The van der Waals surface area contributed by atoms with Crippen molar-refractivity contribution in [2.45, 2.75) is 26.3 Å². The molecule has 0 spiro atoms. The molecule has 96 valence electrons. The van der Waals surface area contributed by atoms with Crippen molar-refractivity contribution in [1.29, 1.82) is 0 Å². The average Bonchev–Trinajstić information content (AvgIpc) is 2.28. The lowest BCUT2D eigenvalue weighted by Crippen LogP contribution is -2.36. The Morgan fingerprint density at radius 1 is 1.31 bits per heavy atom. The molecule has 0 aromatic heterocycles. The molecule has 0 bridgehead atoms. The van der Waals surface area contributed by atoms with Crippen LogP contribution >= 0.6 is 0 Å². The number of hydrogen-bond donors (Lipinski definition) is 1. The number of carbonyl (C=O) groups excluding carboxylic acids is 1. The Morgan fingerprint density at radius 2 is 2.06 bits per heavy atom. The number of esters is 1. The molecule has 5 nitrogen and oxygen atoms in total. The molecule has 0 aromatic rings. The quantitative estimate of drug-likeness (QED) is 0.442. The van der Waals surface area contributed by atoms with Gasteiger partial charge in [-0.2, -0.15) is 0 Å². The smallest absolute Gasteiger partial charge is 0.322 e. The van der Waals surface area contributed by atoms with Crippen LogP contribution in [0, 0.1) is 0 Å². The van der Waals surface area contributed by atoms with E-state index in [4.69, 9.17) is 14.2 Å². The van der Waals surface area contributed by atoms with Crippen LogP contribution in [0.4, 0.5) is 0 Å². The van der Waals surface area contributed by atoms with Gasteiger partial charge in [0.2, 0.25) is 0 Å². The first-order chi connectivity index (χ1) is 7.72. The van der Waals surface area contributed by atoms with Crippen LogP contribution in [0.2, 0.25) is 0 Å². The summed E-state index contributed by atoms with van der Waals surface area (Å²) in [4.78, 5) is 11.2. The molecule has 1 atom stereocenters. The number of ether oxygens (including phenoxy) is 3. The van der Waals surface area contributed by atoms with Crippen molar-refractivity contribution in [3.63, 3.8) is 0 Å². The zero-order chi connectivity index (χ0) is 12.2. The van der Waals surface area contributed by atoms with Crippen molar-refractivity contribution in [2.75, 3.05) is 40.1 Å². The fourth-order valence-electron chi connectivity index (χ4n) is 1.09. The van der Waals surface area contributed by atoms with Gasteiger partial charge in [-0.15, -0.1) is 0 Å². The maximum atomic E-state index is 11.2. The molecule has 16 heavy (non-hydrogen) atoms. The van der Waals surface area contributed by atoms with Crippen molar-refractivity contribution in [3.05, 3.63) is 0 Å². The molecule has 1 N–H and O–H groups in total. The van der Waals surface area contributed by atoms with Gasteiger partial charge in [0.25, 0.3) is 0 Å². The lowest BCUT2D eigenvalue weighted by Gasteiger charge is -2.12. The molecule has 0 saturated heterocycles. The van der Waals surface area contributed by atoms with Crippen LogP contribution in [-0.4, -0.2) is 52.1 Å². The monoisotopic (exact) mass is 233 g/mol. The molecule has 0 heterocycles. The summed E-state index contributed by atoms with van der Waals surface area (Å²) < 4.78 is 15.0. The summed E-state index contributed by atoms with van der Waals surface area (Å²) in [6.45, 7) is 6.67. The second-order valence-electron chi connectivity index (χ2n) is 3.39. The lowest BCUT2D eigenvalue weighted by molar-refractivity contribution is -0.145. The van der Waals surface area contributed by atoms with E-state index >= 15 is 0 Å². The van der Waals surface area contributed by atoms with Crippen LogP contribution < -0.4 is 5.32 Å². The second-order valence-corrected chi connectivity index (χ2v) is 3.39. The molecule has 0 fully saturated rings. The van der Waals surface area contributed by atoms with E-state index in [-0.39, 0.29) is 12.0 Å². The van der Waals surface area contributed by atoms with Crippen LogP contribution in [0.25, 0.3) is 0 Å². The molecule has 0 aromatic carbocycles. The minimum atomic E-state index is -0.251. The van der Waals surface area contributed by atoms with Gasteiger partial charge in [-0.05, 0) is 26.8 Å². The van der Waals surface area contributed by atoms with Gasteiger partial charge in [0.05, 0.1) is 19.8 Å². The van der Waals surface area contributed by atoms with E-state index in [1.807, 2.05) is 0 Å². The topological polar surface area (TPSA) is 56.8 Å². The largest absolute Gasteiger partial charge is 0.465 e. The second kappa shape index (κ2) is 10.9. The Morgan fingerprint density at radius 3 is 2.69 bits per heavy atom. The SMILES string of the molecule is CCOC(=O)C(C)NCCCOCCOC. The van der Waals surface area contributed by atoms with Crippen molar-refractivity contribution in [3.8, 4) is 0 Å². The van der Waals surface area contributed by atoms with E-state index in [0.29, 0.717) is 26.4 Å². The number of nitrogens with one attached hydrogen (secondary N) is 1. The fourth-order valence-corrected chi connectivity index (χ4v) is 1.09. The van der Waals surface area contributed by atoms with Gasteiger partial charge in [-0.3, -0.25) is 4.79 Å². The van der Waals surface area contributed by atoms with E-state index in [1.54, 1.807) is 21.0 Å². The predicted octanol–water partition coefficient (Wildman–Crippen LogP) is 0.581. The van der Waals surface area contributed by atoms with Gasteiger partial charge in [0.15, 0.2) is 0 Å². The zero-order valence-corrected chi connectivity index (χ0v) is 10.5. The van der Waals surface area contributed by atoms with E-state index < -0.39 is 0 Å². The van der Waals surface area contributed by atoms with Gasteiger partial charge in [-0.1, -0.05) is 0 Å². The first-order valence-corrected chi connectivity index (χ1v) is 5.69. The summed E-state index contributed by atoms with van der Waals surface area (Å²) in [5, 5.41) is 3.07. The summed E-state index contributed by atoms with van der Waals surface area (Å²) in [5.74, 6) is -0.206. The van der Waals surface area contributed by atoms with Gasteiger partial charge in [0.1, 0.15) is 6.04 Å². The van der Waals surface area contributed by atoms with Crippen molar-refractivity contribution in [1.82, 2.24) is 5.32 Å². The molecule has 0 radical (unpaired) electrons. The molecule has 0 aliphatic rings. The third-order valence-electron chi connectivity index (χ3n) is 1.99. The lowest BCUT2D eigenvalue weighted by atomic mass is 10.3. The van der Waals surface area contributed by atoms with Crippen LogP contribution in [0.15, 0.2) is 0 Å². The summed E-state index contributed by atoms with van der Waals surface area (Å²) in [6.07, 6.45) is 0.869. The van der Waals surface area contributed by atoms with Gasteiger partial charge in [0, 0.05) is 13.7 Å². The maximum absolute atomic E-state index is 11.2. The fraction of sp³-hybridized carbons (Fsp3) is 0.909. The van der Waals surface area contributed by atoms with Crippen LogP contribution in [0.1, 0.15) is 20.3 Å². The third-order valence-corrected chi connectivity index (χ3v) is 1.99. The standard InChI is InChI=1S/C11H23NO4/c1-4-16-11(13)10(2)12-6-5-7-15-9-8-14-3/h10,12H,4-9H2,1-3H3. The Labute approximate surface area is 97.4 Å². The molecule has 0 aliphatic carbocycles. The summed E-state index contributed by atoms with van der Waals surface area (Å²) in [6, 6.07) is -0.251. The van der Waals surface area contributed by atoms with E-state index in [2.05, 4.69) is 5.32 Å². The summed E-state index contributed by atoms with van der Waals surface area (Å²) in [5.41, 5.74) is 0. The zero-order valence-electron chi connectivity index (χ0n) is 10.5. The minimum absolute atomic E-state index is 0.206. The van der Waals surface area contributed by atoms with Gasteiger partial charge >= 0.3 is 5.97 Å². The van der Waals surface area contributed by atoms with Crippen LogP contribution in [-0.2, 0) is 19.0 Å². The predicted molar refractivity (Wildman–Crippen MR) is 61.4 cm³/mol. The van der Waals surface area contributed by atoms with Crippen LogP contribution in [0.5, 0.6) is 0 Å². The van der Waals surface area contributed by atoms with Gasteiger partial charge < -0.3 is 19.5 Å². The third kappa shape index (κ3) is 8.64. The number of methoxy groups -OCH3 is 1. The van der Waals surface area contributed by atoms with Crippen molar-refractivity contribution < 1.29 is 19.0 Å². The van der Waals surface area contributed by atoms with Crippen LogP contribution in [0.3, 0.4) is 0 Å². The highest BCUT2D eigenvalue weighted by molar-refractivity contribution is 5.75. The summed E-state index contributed by atoms with van der Waals surface area (Å²) in [7, 11) is 1.64. The molecule has 5 heteroatoms. The number of rotatable bonds is 10. The normalized spacial score (nSPS) is 12.4. The Bertz CT molecular complexity index is 175. The Hall–Kier alpha value is -0.650. The molecular weight excluding hydrogens is 210 g/mol. The van der Waals surface area contributed by atoms with Crippen molar-refractivity contribution >= 4 is 5.97 Å². The van der Waals surface area contributed by atoms with Crippen molar-refractivity contribution in [2.24, 2.45) is 0 Å². The Balaban J connectivity index is 3.27. The first kappa shape index (κ1) is 15.3. The molecule has 0 saturated carbocycles. The highest BCUT2D eigenvalue weighted by atomic mass is 16.5. The molecule has 1 unspecified atom stereocenters. The summed E-state index contributed by atoms with van der Waals surface area (Å²) >= 11 is 0. The molecule has 0 aliphatic heterocycles. The number of carbonyl (C=O) groups is 1. The number of hydrogen-bond acceptors (Lipinski definition) is 5. The maximum Gasteiger partial charge on any atom is 0.322 e. The molecule has 0 rings (SSSR count). The average molecular weight is 233 g/mol. The Kier molecular flexibility index (Phi) is 10.4. The highest BCUT2D eigenvalue weighted by Gasteiger charge is 2.11. The minimum Gasteiger partial charge on any atom is -0.465 e. The van der Waals surface area contributed by atoms with E-state index in [1.165, 1.54) is 0 Å². The molecule has 0 amide bonds. The molecular formula is C11H23NO4. The van der Waals surface area contributed by atoms with E-state index in [9.17, 15) is 4.79 Å². The van der Waals surface area contributed by atoms with Gasteiger partial charge in [-0.25, -0.2) is 0 Å². The van der Waals surface area contributed by atoms with E-state index in [0.717, 1.165) is 13.0 Å².